The Morgan fingerprint density at radius 2 is 1.74 bits per heavy atom. The van der Waals surface area contributed by atoms with Crippen molar-refractivity contribution in [1.29, 1.82) is 0 Å². The molecule has 9 heteroatoms. The lowest BCUT2D eigenvalue weighted by Crippen LogP contribution is -2.36. The van der Waals surface area contributed by atoms with Crippen LogP contribution in [0, 0.1) is 0 Å². The average molecular weight is 457 g/mol. The number of nitrogens with zero attached hydrogens (tertiary/aromatic N) is 3. The minimum Gasteiger partial charge on any atom is -0.329 e. The number of carbonyl (C=O) groups excluding carboxylic acids is 1. The normalized spacial score (nSPS) is 15.0. The van der Waals surface area contributed by atoms with Gasteiger partial charge in [0.05, 0.1) is 10.5 Å². The lowest BCUT2D eigenvalue weighted by atomic mass is 10.2. The Morgan fingerprint density at radius 3 is 2.42 bits per heavy atom. The summed E-state index contributed by atoms with van der Waals surface area (Å²) < 4.78 is 29.7. The largest absolute Gasteiger partial charge is 0.329 e. The number of rotatable bonds is 6. The van der Waals surface area contributed by atoms with Gasteiger partial charge < -0.3 is 9.88 Å². The number of sulfonamides is 1. The third kappa shape index (κ3) is 4.84. The van der Waals surface area contributed by atoms with Crippen LogP contribution in [0.1, 0.15) is 29.6 Å². The van der Waals surface area contributed by atoms with E-state index in [4.69, 9.17) is 0 Å². The Balaban J connectivity index is 1.51. The van der Waals surface area contributed by atoms with Gasteiger partial charge in [-0.2, -0.15) is 4.31 Å². The number of nitrogens with one attached hydrogen (secondary N) is 1. The van der Waals surface area contributed by atoms with Crippen molar-refractivity contribution in [2.75, 3.05) is 18.4 Å². The van der Waals surface area contributed by atoms with E-state index in [9.17, 15) is 13.2 Å². The van der Waals surface area contributed by atoms with E-state index in [-0.39, 0.29) is 10.5 Å². The highest BCUT2D eigenvalue weighted by molar-refractivity contribution is 7.99. The number of imidazole rings is 1. The molecule has 3 aromatic rings. The maximum Gasteiger partial charge on any atom is 0.257 e. The van der Waals surface area contributed by atoms with Gasteiger partial charge in [-0.05, 0) is 49.2 Å². The van der Waals surface area contributed by atoms with Crippen LogP contribution in [0.5, 0.6) is 0 Å². The smallest absolute Gasteiger partial charge is 0.257 e. The van der Waals surface area contributed by atoms with E-state index in [1.54, 1.807) is 36.5 Å². The standard InChI is InChI=1S/C22H24N4O3S2/c1-25-16-13-23-22(25)30-18-11-9-17(10-12-18)24-21(27)19-7-3-4-8-20(19)31(28,29)26-14-5-2-6-15-26/h3-4,7-13,16H,2,5-6,14-15H2,1H3,(H,24,27). The van der Waals surface area contributed by atoms with Crippen molar-refractivity contribution in [2.45, 2.75) is 34.2 Å². The topological polar surface area (TPSA) is 84.3 Å². The molecule has 0 spiro atoms. The van der Waals surface area contributed by atoms with Crippen LogP contribution >= 0.6 is 11.8 Å². The van der Waals surface area contributed by atoms with Crippen molar-refractivity contribution in [2.24, 2.45) is 7.05 Å². The van der Waals surface area contributed by atoms with E-state index in [1.807, 2.05) is 29.9 Å². The van der Waals surface area contributed by atoms with Crippen LogP contribution in [-0.2, 0) is 17.1 Å². The lowest BCUT2D eigenvalue weighted by Gasteiger charge is -2.26. The summed E-state index contributed by atoms with van der Waals surface area (Å²) >= 11 is 1.52. The molecule has 1 saturated heterocycles. The fourth-order valence-electron chi connectivity index (χ4n) is 3.48. The van der Waals surface area contributed by atoms with Crippen LogP contribution in [0.25, 0.3) is 0 Å². The number of aromatic nitrogens is 2. The molecular formula is C22H24N4O3S2. The lowest BCUT2D eigenvalue weighted by molar-refractivity contribution is 0.102. The monoisotopic (exact) mass is 456 g/mol. The molecular weight excluding hydrogens is 432 g/mol. The molecule has 2 aromatic carbocycles. The van der Waals surface area contributed by atoms with Gasteiger partial charge in [-0.25, -0.2) is 13.4 Å². The Morgan fingerprint density at radius 1 is 1.03 bits per heavy atom. The summed E-state index contributed by atoms with van der Waals surface area (Å²) in [6, 6.07) is 13.8. The summed E-state index contributed by atoms with van der Waals surface area (Å²) in [7, 11) is -1.78. The zero-order valence-electron chi connectivity index (χ0n) is 17.2. The van der Waals surface area contributed by atoms with Crippen molar-refractivity contribution in [3.05, 3.63) is 66.5 Å². The van der Waals surface area contributed by atoms with Gasteiger partial charge in [0.1, 0.15) is 0 Å². The molecule has 1 fully saturated rings. The van der Waals surface area contributed by atoms with Crippen LogP contribution in [0.4, 0.5) is 5.69 Å². The summed E-state index contributed by atoms with van der Waals surface area (Å²) in [6.07, 6.45) is 6.34. The van der Waals surface area contributed by atoms with E-state index in [0.717, 1.165) is 29.3 Å². The molecule has 2 heterocycles. The van der Waals surface area contributed by atoms with Crippen molar-refractivity contribution >= 4 is 33.4 Å². The van der Waals surface area contributed by atoms with E-state index in [1.165, 1.54) is 22.1 Å². The Kier molecular flexibility index (Phi) is 6.45. The maximum atomic E-state index is 13.1. The summed E-state index contributed by atoms with van der Waals surface area (Å²) in [5.41, 5.74) is 0.749. The molecule has 0 atom stereocenters. The molecule has 1 aliphatic heterocycles. The first-order chi connectivity index (χ1) is 14.9. The predicted molar refractivity (Wildman–Crippen MR) is 121 cm³/mol. The number of amides is 1. The van der Waals surface area contributed by atoms with Gasteiger partial charge in [-0.15, -0.1) is 0 Å². The van der Waals surface area contributed by atoms with Crippen molar-refractivity contribution in [3.8, 4) is 0 Å². The first-order valence-electron chi connectivity index (χ1n) is 10.1. The number of anilines is 1. The molecule has 1 aliphatic rings. The van der Waals surface area contributed by atoms with Gasteiger partial charge in [0.2, 0.25) is 10.0 Å². The van der Waals surface area contributed by atoms with Gasteiger partial charge in [0, 0.05) is 43.1 Å². The first kappa shape index (κ1) is 21.6. The molecule has 0 unspecified atom stereocenters. The zero-order chi connectivity index (χ0) is 21.8. The molecule has 1 amide bonds. The number of hydrogen-bond donors (Lipinski definition) is 1. The molecule has 31 heavy (non-hydrogen) atoms. The third-order valence-electron chi connectivity index (χ3n) is 5.16. The molecule has 0 aliphatic carbocycles. The van der Waals surface area contributed by atoms with Crippen molar-refractivity contribution in [3.63, 3.8) is 0 Å². The van der Waals surface area contributed by atoms with E-state index in [0.29, 0.717) is 18.8 Å². The summed E-state index contributed by atoms with van der Waals surface area (Å²) in [4.78, 5) is 18.3. The second kappa shape index (κ2) is 9.25. The maximum absolute atomic E-state index is 13.1. The fraction of sp³-hybridized carbons (Fsp3) is 0.273. The molecule has 1 N–H and O–H groups in total. The van der Waals surface area contributed by atoms with Crippen LogP contribution in [0.2, 0.25) is 0 Å². The van der Waals surface area contributed by atoms with Gasteiger partial charge in [0.25, 0.3) is 5.91 Å². The molecule has 0 bridgehead atoms. The summed E-state index contributed by atoms with van der Waals surface area (Å²) in [5.74, 6) is -0.444. The summed E-state index contributed by atoms with van der Waals surface area (Å²) in [5, 5.41) is 3.69. The van der Waals surface area contributed by atoms with Gasteiger partial charge in [-0.3, -0.25) is 4.79 Å². The highest BCUT2D eigenvalue weighted by Gasteiger charge is 2.29. The number of carbonyl (C=O) groups is 1. The molecule has 0 radical (unpaired) electrons. The quantitative estimate of drug-likeness (QED) is 0.606. The zero-order valence-corrected chi connectivity index (χ0v) is 18.8. The van der Waals surface area contributed by atoms with Crippen LogP contribution in [0.15, 0.2) is 75.9 Å². The molecule has 0 saturated carbocycles. The van der Waals surface area contributed by atoms with Crippen LogP contribution in [-0.4, -0.2) is 41.3 Å². The Labute approximate surface area is 186 Å². The second-order valence-corrected chi connectivity index (χ2v) is 10.3. The van der Waals surface area contributed by atoms with Crippen molar-refractivity contribution in [1.82, 2.24) is 13.9 Å². The molecule has 4 rings (SSSR count). The number of hydrogen-bond acceptors (Lipinski definition) is 5. The number of piperidine rings is 1. The van der Waals surface area contributed by atoms with Crippen LogP contribution < -0.4 is 5.32 Å². The Hall–Kier alpha value is -2.62. The van der Waals surface area contributed by atoms with E-state index >= 15 is 0 Å². The minimum absolute atomic E-state index is 0.0522. The molecule has 162 valence electrons. The van der Waals surface area contributed by atoms with E-state index in [2.05, 4.69) is 10.3 Å². The first-order valence-corrected chi connectivity index (χ1v) is 12.4. The minimum atomic E-state index is -3.71. The van der Waals surface area contributed by atoms with Crippen LogP contribution in [0.3, 0.4) is 0 Å². The highest BCUT2D eigenvalue weighted by Crippen LogP contribution is 2.28. The average Bonchev–Trinajstić information content (AvgIpc) is 3.20. The van der Waals surface area contributed by atoms with E-state index < -0.39 is 15.9 Å². The van der Waals surface area contributed by atoms with Gasteiger partial charge >= 0.3 is 0 Å². The fourth-order valence-corrected chi connectivity index (χ4v) is 5.99. The second-order valence-electron chi connectivity index (χ2n) is 7.36. The molecule has 1 aromatic heterocycles. The third-order valence-corrected chi connectivity index (χ3v) is 8.20. The summed E-state index contributed by atoms with van der Waals surface area (Å²) in [6.45, 7) is 0.987. The van der Waals surface area contributed by atoms with Gasteiger partial charge in [0.15, 0.2) is 5.16 Å². The highest BCUT2D eigenvalue weighted by atomic mass is 32.2. The van der Waals surface area contributed by atoms with Gasteiger partial charge in [-0.1, -0.05) is 30.3 Å². The molecule has 7 nitrogen and oxygen atoms in total. The number of benzene rings is 2. The Bertz CT molecular complexity index is 1170. The SMILES string of the molecule is Cn1ccnc1Sc1ccc(NC(=O)c2ccccc2S(=O)(=O)N2CCCCC2)cc1. The number of aryl methyl sites for hydroxylation is 1. The van der Waals surface area contributed by atoms with Crippen molar-refractivity contribution < 1.29 is 13.2 Å². The predicted octanol–water partition coefficient (Wildman–Crippen LogP) is 4.00.